The molecule has 0 aromatic carbocycles. The van der Waals surface area contributed by atoms with Gasteiger partial charge in [-0.1, -0.05) is 0 Å². The van der Waals surface area contributed by atoms with E-state index in [1.807, 2.05) is 6.20 Å². The van der Waals surface area contributed by atoms with Gasteiger partial charge >= 0.3 is 6.09 Å². The number of fused-ring (bicyclic) bond motifs is 1. The second-order valence-electron chi connectivity index (χ2n) is 10.9. The minimum Gasteiger partial charge on any atom is -0.479 e. The fourth-order valence-corrected chi connectivity index (χ4v) is 5.05. The van der Waals surface area contributed by atoms with Crippen LogP contribution in [0.25, 0.3) is 16.9 Å². The molecule has 0 saturated carbocycles. The third kappa shape index (κ3) is 5.90. The molecule has 2 aliphatic rings. The summed E-state index contributed by atoms with van der Waals surface area (Å²) >= 11 is 0. The Hall–Kier alpha value is -3.54. The highest BCUT2D eigenvalue weighted by atomic mass is 19.1. The van der Waals surface area contributed by atoms with Gasteiger partial charge in [-0.2, -0.15) is 10.2 Å². The molecular formula is C27H34F2N6O4. The van der Waals surface area contributed by atoms with Crippen LogP contribution in [-0.4, -0.2) is 80.7 Å². The normalized spacial score (nSPS) is 19.9. The summed E-state index contributed by atoms with van der Waals surface area (Å²) in [6.07, 6.45) is 5.20. The molecule has 0 unspecified atom stereocenters. The molecule has 2 atom stereocenters. The van der Waals surface area contributed by atoms with Crippen molar-refractivity contribution in [1.29, 1.82) is 0 Å². The molecule has 0 N–H and O–H groups in total. The summed E-state index contributed by atoms with van der Waals surface area (Å²) in [5.74, 6) is -0.935. The van der Waals surface area contributed by atoms with Crippen LogP contribution >= 0.6 is 0 Å². The number of likely N-dealkylation sites (tertiary alicyclic amines) is 1. The van der Waals surface area contributed by atoms with Crippen molar-refractivity contribution in [1.82, 2.24) is 29.4 Å². The highest BCUT2D eigenvalue weighted by molar-refractivity contribution is 5.68. The largest absolute Gasteiger partial charge is 0.479 e. The average molecular weight is 545 g/mol. The maximum atomic E-state index is 15.1. The third-order valence-electron chi connectivity index (χ3n) is 6.96. The summed E-state index contributed by atoms with van der Waals surface area (Å²) in [4.78, 5) is 17.8. The predicted octanol–water partition coefficient (Wildman–Crippen LogP) is 3.99. The Morgan fingerprint density at radius 1 is 1.23 bits per heavy atom. The van der Waals surface area contributed by atoms with Crippen molar-refractivity contribution in [3.05, 3.63) is 41.7 Å². The summed E-state index contributed by atoms with van der Waals surface area (Å²) in [6, 6.07) is 1.35. The number of piperidine rings is 1. The van der Waals surface area contributed by atoms with Crippen molar-refractivity contribution >= 4 is 6.09 Å². The summed E-state index contributed by atoms with van der Waals surface area (Å²) in [5.41, 5.74) is 3.32. The van der Waals surface area contributed by atoms with Crippen molar-refractivity contribution < 1.29 is 27.8 Å². The molecule has 3 aromatic heterocycles. The third-order valence-corrected chi connectivity index (χ3v) is 6.96. The van der Waals surface area contributed by atoms with Gasteiger partial charge in [-0.25, -0.2) is 23.2 Å². The Labute approximate surface area is 225 Å². The van der Waals surface area contributed by atoms with Crippen LogP contribution in [0, 0.1) is 11.7 Å². The molecule has 210 valence electrons. The molecule has 1 saturated heterocycles. The molecule has 0 radical (unpaired) electrons. The number of carbonyl (C=O) groups excluding carboxylic acids is 1. The average Bonchev–Trinajstić information content (AvgIpc) is 3.40. The van der Waals surface area contributed by atoms with Gasteiger partial charge in [-0.05, 0) is 33.6 Å². The lowest BCUT2D eigenvalue weighted by Gasteiger charge is -2.35. The number of amides is 1. The number of hydrogen-bond acceptors (Lipinski definition) is 7. The van der Waals surface area contributed by atoms with Gasteiger partial charge in [0.25, 0.3) is 0 Å². The predicted molar refractivity (Wildman–Crippen MR) is 138 cm³/mol. The maximum Gasteiger partial charge on any atom is 0.410 e. The van der Waals surface area contributed by atoms with Gasteiger partial charge in [0.15, 0.2) is 5.82 Å². The van der Waals surface area contributed by atoms with E-state index >= 15 is 4.39 Å². The van der Waals surface area contributed by atoms with Gasteiger partial charge in [-0.15, -0.1) is 0 Å². The van der Waals surface area contributed by atoms with Crippen molar-refractivity contribution in [2.24, 2.45) is 5.92 Å². The zero-order valence-electron chi connectivity index (χ0n) is 22.7. The van der Waals surface area contributed by atoms with Gasteiger partial charge in [0.2, 0.25) is 5.88 Å². The van der Waals surface area contributed by atoms with E-state index in [-0.39, 0.29) is 18.3 Å². The fourth-order valence-electron chi connectivity index (χ4n) is 5.05. The first-order chi connectivity index (χ1) is 18.6. The van der Waals surface area contributed by atoms with E-state index in [0.717, 1.165) is 22.5 Å². The van der Waals surface area contributed by atoms with Crippen LogP contribution in [0.15, 0.2) is 24.7 Å². The Morgan fingerprint density at radius 2 is 2.03 bits per heavy atom. The number of carbonyl (C=O) groups is 1. The van der Waals surface area contributed by atoms with E-state index in [9.17, 15) is 9.18 Å². The van der Waals surface area contributed by atoms with Gasteiger partial charge in [0, 0.05) is 48.8 Å². The quantitative estimate of drug-likeness (QED) is 0.479. The number of ether oxygens (including phenoxy) is 3. The minimum atomic E-state index is -1.19. The molecule has 1 fully saturated rings. The van der Waals surface area contributed by atoms with Gasteiger partial charge in [0.1, 0.15) is 11.8 Å². The van der Waals surface area contributed by atoms with Crippen LogP contribution in [0.3, 0.4) is 0 Å². The lowest BCUT2D eigenvalue weighted by molar-refractivity contribution is 0.00352. The molecule has 3 aromatic rings. The molecule has 12 heteroatoms. The standard InChI is InChI=1S/C27H34F2N6O4/c1-27(2,3)39-26(36)33-8-5-17(22(29)16-33)14-34-15-18(12-31-34)24-20-6-9-38-10-7-23(20)35(32-24)19-11-21(28)25(37-4)30-13-19/h11-13,15,17,22H,5-10,14,16H2,1-4H3/t17-,22-/m0/s1. The number of alkyl halides is 1. The summed E-state index contributed by atoms with van der Waals surface area (Å²) in [6.45, 7) is 7.26. The minimum absolute atomic E-state index is 0.00191. The van der Waals surface area contributed by atoms with Crippen molar-refractivity contribution in [3.63, 3.8) is 0 Å². The SMILES string of the molecule is COc1ncc(-n2nc(-c3cnn(C[C@@H]4CCN(C(=O)OC(C)(C)C)C[C@@H]4F)c3)c3c2CCOCC3)cc1F. The van der Waals surface area contributed by atoms with Crippen molar-refractivity contribution in [3.8, 4) is 22.8 Å². The zero-order valence-corrected chi connectivity index (χ0v) is 22.7. The second-order valence-corrected chi connectivity index (χ2v) is 10.9. The molecule has 10 nitrogen and oxygen atoms in total. The monoisotopic (exact) mass is 544 g/mol. The second kappa shape index (κ2) is 10.9. The molecular weight excluding hydrogens is 510 g/mol. The summed E-state index contributed by atoms with van der Waals surface area (Å²) < 4.78 is 49.0. The van der Waals surface area contributed by atoms with Crippen molar-refractivity contribution in [2.45, 2.75) is 58.4 Å². The Morgan fingerprint density at radius 3 is 2.74 bits per heavy atom. The van der Waals surface area contributed by atoms with E-state index in [2.05, 4.69) is 10.1 Å². The number of nitrogens with zero attached hydrogens (tertiary/aromatic N) is 6. The first-order valence-corrected chi connectivity index (χ1v) is 13.2. The number of methoxy groups -OCH3 is 1. The van der Waals surface area contributed by atoms with E-state index in [0.29, 0.717) is 51.3 Å². The van der Waals surface area contributed by atoms with E-state index in [1.54, 1.807) is 36.3 Å². The summed E-state index contributed by atoms with van der Waals surface area (Å²) in [5, 5.41) is 9.32. The van der Waals surface area contributed by atoms with Crippen molar-refractivity contribution in [2.75, 3.05) is 33.4 Å². The van der Waals surface area contributed by atoms with Crippen LogP contribution < -0.4 is 4.74 Å². The lowest BCUT2D eigenvalue weighted by atomic mass is 9.95. The van der Waals surface area contributed by atoms with E-state index in [4.69, 9.17) is 19.3 Å². The number of aromatic nitrogens is 5. The van der Waals surface area contributed by atoms with Gasteiger partial charge in [-0.3, -0.25) is 4.68 Å². The molecule has 39 heavy (non-hydrogen) atoms. The molecule has 5 heterocycles. The highest BCUT2D eigenvalue weighted by Gasteiger charge is 2.34. The van der Waals surface area contributed by atoms with Gasteiger partial charge < -0.3 is 19.1 Å². The number of pyridine rings is 1. The maximum absolute atomic E-state index is 15.1. The number of halogens is 2. The molecule has 5 rings (SSSR count). The van der Waals surface area contributed by atoms with Crippen LogP contribution in [0.4, 0.5) is 13.6 Å². The first kappa shape index (κ1) is 27.0. The van der Waals surface area contributed by atoms with Crippen LogP contribution in [0.2, 0.25) is 0 Å². The Bertz CT molecular complexity index is 1330. The fraction of sp³-hybridized carbons (Fsp3) is 0.556. The Kier molecular flexibility index (Phi) is 7.57. The molecule has 1 amide bonds. The molecule has 2 aliphatic heterocycles. The van der Waals surface area contributed by atoms with Crippen LogP contribution in [-0.2, 0) is 28.9 Å². The smallest absolute Gasteiger partial charge is 0.410 e. The zero-order chi connectivity index (χ0) is 27.7. The van der Waals surface area contributed by atoms with Gasteiger partial charge in [0.05, 0.1) is 56.3 Å². The number of hydrogen-bond donors (Lipinski definition) is 0. The lowest BCUT2D eigenvalue weighted by Crippen LogP contribution is -2.47. The molecule has 0 aliphatic carbocycles. The van der Waals surface area contributed by atoms with E-state index < -0.39 is 23.7 Å². The van der Waals surface area contributed by atoms with E-state index in [1.165, 1.54) is 24.3 Å². The summed E-state index contributed by atoms with van der Waals surface area (Å²) in [7, 11) is 1.37. The first-order valence-electron chi connectivity index (χ1n) is 13.2. The highest BCUT2D eigenvalue weighted by Crippen LogP contribution is 2.31. The molecule has 0 bridgehead atoms. The van der Waals surface area contributed by atoms with Crippen LogP contribution in [0.1, 0.15) is 38.4 Å². The van der Waals surface area contributed by atoms with Crippen LogP contribution in [0.5, 0.6) is 5.88 Å². The Balaban J connectivity index is 1.34. The number of rotatable bonds is 5. The molecule has 0 spiro atoms. The topological polar surface area (TPSA) is 96.5 Å².